The van der Waals surface area contributed by atoms with Crippen molar-refractivity contribution < 1.29 is 14.6 Å². The molecule has 82 valence electrons. The number of Topliss-reactive ketones (excluding diaryl/α,β-unsaturated/α-hetero) is 1. The molecule has 1 aromatic rings. The second kappa shape index (κ2) is 4.45. The lowest BCUT2D eigenvalue weighted by atomic mass is 9.91. The summed E-state index contributed by atoms with van der Waals surface area (Å²) in [6.45, 7) is 3.11. The number of carbonyl (C=O) groups excluding carboxylic acids is 1. The quantitative estimate of drug-likeness (QED) is 0.821. The lowest BCUT2D eigenvalue weighted by Crippen LogP contribution is -2.23. The average Bonchev–Trinajstić information content (AvgIpc) is 2.16. The Morgan fingerprint density at radius 1 is 1.40 bits per heavy atom. The Balaban J connectivity index is 2.89. The molecule has 0 amide bonds. The zero-order valence-corrected chi connectivity index (χ0v) is 9.28. The number of benzene rings is 1. The third kappa shape index (κ3) is 3.06. The van der Waals surface area contributed by atoms with Gasteiger partial charge in [0, 0.05) is 6.42 Å². The molecular formula is C12H16O3. The fourth-order valence-electron chi connectivity index (χ4n) is 1.54. The van der Waals surface area contributed by atoms with Gasteiger partial charge in [0.1, 0.15) is 11.5 Å². The van der Waals surface area contributed by atoms with E-state index >= 15 is 0 Å². The molecule has 0 aliphatic heterocycles. The van der Waals surface area contributed by atoms with Crippen LogP contribution < -0.4 is 4.74 Å². The molecule has 15 heavy (non-hydrogen) atoms. The first kappa shape index (κ1) is 11.7. The van der Waals surface area contributed by atoms with Crippen LogP contribution in [0, 0.1) is 0 Å². The standard InChI is InChI=1S/C12H16O3/c1-9(13)8-12(2,14)10-4-6-11(15-3)7-5-10/h4-7,14H,8H2,1-3H3. The molecule has 0 spiro atoms. The molecule has 1 rings (SSSR count). The van der Waals surface area contributed by atoms with Crippen molar-refractivity contribution in [2.75, 3.05) is 7.11 Å². The fraction of sp³-hybridized carbons (Fsp3) is 0.417. The number of aliphatic hydroxyl groups is 1. The van der Waals surface area contributed by atoms with E-state index in [1.807, 2.05) is 0 Å². The van der Waals surface area contributed by atoms with Crippen molar-refractivity contribution >= 4 is 5.78 Å². The van der Waals surface area contributed by atoms with Crippen molar-refractivity contribution in [1.82, 2.24) is 0 Å². The highest BCUT2D eigenvalue weighted by Crippen LogP contribution is 2.26. The Morgan fingerprint density at radius 2 is 1.93 bits per heavy atom. The Labute approximate surface area is 89.7 Å². The molecule has 0 saturated carbocycles. The Morgan fingerprint density at radius 3 is 2.33 bits per heavy atom. The molecule has 1 aromatic carbocycles. The Bertz CT molecular complexity index is 338. The highest BCUT2D eigenvalue weighted by atomic mass is 16.5. The second-order valence-corrected chi connectivity index (χ2v) is 3.88. The molecular weight excluding hydrogens is 192 g/mol. The fourth-order valence-corrected chi connectivity index (χ4v) is 1.54. The van der Waals surface area contributed by atoms with E-state index in [-0.39, 0.29) is 12.2 Å². The van der Waals surface area contributed by atoms with Crippen molar-refractivity contribution in [2.45, 2.75) is 25.9 Å². The molecule has 0 heterocycles. The van der Waals surface area contributed by atoms with Gasteiger partial charge < -0.3 is 9.84 Å². The number of rotatable bonds is 4. The molecule has 3 heteroatoms. The molecule has 0 bridgehead atoms. The normalized spacial score (nSPS) is 14.4. The Hall–Kier alpha value is -1.35. The molecule has 0 aromatic heterocycles. The highest BCUT2D eigenvalue weighted by Gasteiger charge is 2.24. The maximum absolute atomic E-state index is 11.0. The summed E-state index contributed by atoms with van der Waals surface area (Å²) in [5, 5.41) is 10.1. The van der Waals surface area contributed by atoms with Crippen molar-refractivity contribution in [1.29, 1.82) is 0 Å². The van der Waals surface area contributed by atoms with Gasteiger partial charge in [-0.2, -0.15) is 0 Å². The van der Waals surface area contributed by atoms with E-state index < -0.39 is 5.60 Å². The smallest absolute Gasteiger partial charge is 0.133 e. The van der Waals surface area contributed by atoms with E-state index in [9.17, 15) is 9.90 Å². The molecule has 0 aliphatic carbocycles. The summed E-state index contributed by atoms with van der Waals surface area (Å²) >= 11 is 0. The first-order valence-corrected chi connectivity index (χ1v) is 4.82. The van der Waals surface area contributed by atoms with E-state index in [1.165, 1.54) is 6.92 Å². The number of ketones is 1. The molecule has 0 saturated heterocycles. The summed E-state index contributed by atoms with van der Waals surface area (Å²) < 4.78 is 5.01. The number of carbonyl (C=O) groups is 1. The third-order valence-electron chi connectivity index (χ3n) is 2.31. The van der Waals surface area contributed by atoms with Crippen LogP contribution in [0.5, 0.6) is 5.75 Å². The molecule has 0 radical (unpaired) electrons. The number of methoxy groups -OCH3 is 1. The minimum absolute atomic E-state index is 0.0316. The summed E-state index contributed by atoms with van der Waals surface area (Å²) in [6, 6.07) is 7.07. The second-order valence-electron chi connectivity index (χ2n) is 3.88. The molecule has 1 atom stereocenters. The van der Waals surface area contributed by atoms with Crippen molar-refractivity contribution in [3.63, 3.8) is 0 Å². The lowest BCUT2D eigenvalue weighted by Gasteiger charge is -2.22. The summed E-state index contributed by atoms with van der Waals surface area (Å²) in [6.07, 6.45) is 0.124. The number of hydrogen-bond donors (Lipinski definition) is 1. The average molecular weight is 208 g/mol. The first-order valence-electron chi connectivity index (χ1n) is 4.82. The van der Waals surface area contributed by atoms with Gasteiger partial charge in [0.2, 0.25) is 0 Å². The van der Waals surface area contributed by atoms with Gasteiger partial charge in [-0.3, -0.25) is 4.79 Å². The predicted octanol–water partition coefficient (Wildman–Crippen LogP) is 1.88. The van der Waals surface area contributed by atoms with Gasteiger partial charge in [0.25, 0.3) is 0 Å². The minimum atomic E-state index is -1.10. The van der Waals surface area contributed by atoms with Crippen LogP contribution in [0.3, 0.4) is 0 Å². The van der Waals surface area contributed by atoms with Crippen LogP contribution in [0.2, 0.25) is 0 Å². The molecule has 3 nitrogen and oxygen atoms in total. The van der Waals surface area contributed by atoms with Gasteiger partial charge in [-0.25, -0.2) is 0 Å². The maximum atomic E-state index is 11.0. The van der Waals surface area contributed by atoms with E-state index in [0.29, 0.717) is 0 Å². The van der Waals surface area contributed by atoms with Crippen LogP contribution in [0.25, 0.3) is 0 Å². The van der Waals surface area contributed by atoms with Crippen molar-refractivity contribution in [3.8, 4) is 5.75 Å². The van der Waals surface area contributed by atoms with Gasteiger partial charge >= 0.3 is 0 Å². The van der Waals surface area contributed by atoms with Gasteiger partial charge in [-0.05, 0) is 31.5 Å². The summed E-state index contributed by atoms with van der Waals surface area (Å²) in [5.41, 5.74) is -0.378. The SMILES string of the molecule is COc1ccc(C(C)(O)CC(C)=O)cc1. The zero-order chi connectivity index (χ0) is 11.5. The van der Waals surface area contributed by atoms with Crippen LogP contribution in [-0.2, 0) is 10.4 Å². The van der Waals surface area contributed by atoms with Gasteiger partial charge in [-0.15, -0.1) is 0 Å². The van der Waals surface area contributed by atoms with E-state index in [4.69, 9.17) is 4.74 Å². The minimum Gasteiger partial charge on any atom is -0.497 e. The monoisotopic (exact) mass is 208 g/mol. The lowest BCUT2D eigenvalue weighted by molar-refractivity contribution is -0.121. The first-order chi connectivity index (χ1) is 6.95. The molecule has 0 fully saturated rings. The van der Waals surface area contributed by atoms with Gasteiger partial charge in [-0.1, -0.05) is 12.1 Å². The summed E-state index contributed by atoms with van der Waals surface area (Å²) in [5.74, 6) is 0.702. The van der Waals surface area contributed by atoms with E-state index in [1.54, 1.807) is 38.3 Å². The van der Waals surface area contributed by atoms with E-state index in [0.717, 1.165) is 11.3 Å². The van der Waals surface area contributed by atoms with Crippen LogP contribution in [0.4, 0.5) is 0 Å². The predicted molar refractivity (Wildman–Crippen MR) is 57.9 cm³/mol. The number of ether oxygens (including phenoxy) is 1. The van der Waals surface area contributed by atoms with Gasteiger partial charge in [0.15, 0.2) is 0 Å². The van der Waals surface area contributed by atoms with Crippen LogP contribution in [0.15, 0.2) is 24.3 Å². The largest absolute Gasteiger partial charge is 0.497 e. The zero-order valence-electron chi connectivity index (χ0n) is 9.28. The topological polar surface area (TPSA) is 46.5 Å². The Kier molecular flexibility index (Phi) is 3.48. The van der Waals surface area contributed by atoms with E-state index in [2.05, 4.69) is 0 Å². The van der Waals surface area contributed by atoms with Crippen LogP contribution in [-0.4, -0.2) is 18.0 Å². The molecule has 0 aliphatic rings. The maximum Gasteiger partial charge on any atom is 0.133 e. The molecule has 1 unspecified atom stereocenters. The van der Waals surface area contributed by atoms with Gasteiger partial charge in [0.05, 0.1) is 12.7 Å². The summed E-state index contributed by atoms with van der Waals surface area (Å²) in [7, 11) is 1.59. The van der Waals surface area contributed by atoms with Crippen molar-refractivity contribution in [2.24, 2.45) is 0 Å². The number of hydrogen-bond acceptors (Lipinski definition) is 3. The van der Waals surface area contributed by atoms with Crippen LogP contribution >= 0.6 is 0 Å². The van der Waals surface area contributed by atoms with Crippen LogP contribution in [0.1, 0.15) is 25.8 Å². The van der Waals surface area contributed by atoms with Crippen molar-refractivity contribution in [3.05, 3.63) is 29.8 Å². The highest BCUT2D eigenvalue weighted by molar-refractivity contribution is 5.76. The molecule has 1 N–H and O–H groups in total. The third-order valence-corrected chi connectivity index (χ3v) is 2.31. The summed E-state index contributed by atoms with van der Waals surface area (Å²) in [4.78, 5) is 11.0.